The zero-order chi connectivity index (χ0) is 13.3. The third-order valence-electron chi connectivity index (χ3n) is 2.11. The molecule has 96 valence electrons. The lowest BCUT2D eigenvalue weighted by Gasteiger charge is -2.30. The highest BCUT2D eigenvalue weighted by atomic mass is 79.9. The van der Waals surface area contributed by atoms with E-state index in [-0.39, 0.29) is 22.3 Å². The topological polar surface area (TPSA) is 20.2 Å². The zero-order valence-corrected chi connectivity index (χ0v) is 13.0. The van der Waals surface area contributed by atoms with Crippen molar-refractivity contribution < 1.29 is 9.50 Å². The van der Waals surface area contributed by atoms with Crippen molar-refractivity contribution in [1.82, 2.24) is 0 Å². The van der Waals surface area contributed by atoms with Crippen molar-refractivity contribution in [2.45, 2.75) is 15.8 Å². The summed E-state index contributed by atoms with van der Waals surface area (Å²) in [5.41, 5.74) is -1.25. The first-order valence-electron chi connectivity index (χ1n) is 4.48. The van der Waals surface area contributed by atoms with E-state index in [4.69, 9.17) is 46.4 Å². The fourth-order valence-corrected chi connectivity index (χ4v) is 2.79. The molecule has 0 heterocycles. The Kier molecular flexibility index (Phi) is 5.40. The molecule has 1 aromatic carbocycles. The van der Waals surface area contributed by atoms with E-state index in [1.165, 1.54) is 6.07 Å². The average molecular weight is 385 g/mol. The number of rotatable bonds is 3. The van der Waals surface area contributed by atoms with Gasteiger partial charge >= 0.3 is 0 Å². The summed E-state index contributed by atoms with van der Waals surface area (Å²) < 4.78 is 11.6. The third-order valence-corrected chi connectivity index (χ3v) is 3.66. The number of halogens is 6. The smallest absolute Gasteiger partial charge is 0.193 e. The monoisotopic (exact) mass is 382 g/mol. The molecule has 0 aromatic heterocycles. The first kappa shape index (κ1) is 15.8. The highest BCUT2D eigenvalue weighted by Gasteiger charge is 2.37. The number of benzene rings is 1. The molecule has 0 radical (unpaired) electrons. The Bertz CT molecular complexity index is 390. The summed E-state index contributed by atoms with van der Waals surface area (Å²) in [5.74, 6) is -0.559. The molecule has 0 aliphatic carbocycles. The maximum atomic E-state index is 13.2. The van der Waals surface area contributed by atoms with Crippen molar-refractivity contribution in [2.24, 2.45) is 0 Å². The van der Waals surface area contributed by atoms with Crippen LogP contribution in [0.25, 0.3) is 0 Å². The Labute approximate surface area is 127 Å². The van der Waals surface area contributed by atoms with Crippen molar-refractivity contribution in [3.8, 4) is 0 Å². The van der Waals surface area contributed by atoms with E-state index >= 15 is 0 Å². The van der Waals surface area contributed by atoms with E-state index < -0.39 is 15.2 Å². The predicted molar refractivity (Wildman–Crippen MR) is 74.0 cm³/mol. The summed E-state index contributed by atoms with van der Waals surface area (Å²) in [4.78, 5) is 0. The molecule has 0 aliphatic heterocycles. The van der Waals surface area contributed by atoms with E-state index in [0.717, 1.165) is 12.1 Å². The van der Waals surface area contributed by atoms with Gasteiger partial charge in [0.15, 0.2) is 3.79 Å². The lowest BCUT2D eigenvalue weighted by atomic mass is 9.93. The van der Waals surface area contributed by atoms with Crippen molar-refractivity contribution in [3.05, 3.63) is 34.6 Å². The van der Waals surface area contributed by atoms with Crippen LogP contribution in [0.15, 0.2) is 18.2 Å². The maximum absolute atomic E-state index is 13.2. The normalized spacial score (nSPS) is 15.7. The van der Waals surface area contributed by atoms with Crippen LogP contribution >= 0.6 is 62.3 Å². The van der Waals surface area contributed by atoms with Crippen molar-refractivity contribution in [1.29, 1.82) is 0 Å². The second-order valence-corrected chi connectivity index (χ2v) is 7.13. The molecule has 1 nitrogen and oxygen atoms in total. The maximum Gasteiger partial charge on any atom is 0.193 e. The Morgan fingerprint density at radius 2 is 1.82 bits per heavy atom. The Balaban J connectivity index is 3.15. The molecule has 0 saturated heterocycles. The van der Waals surface area contributed by atoms with Gasteiger partial charge in [-0.1, -0.05) is 62.3 Å². The Morgan fingerprint density at radius 3 is 2.24 bits per heavy atom. The van der Waals surface area contributed by atoms with Gasteiger partial charge in [0.1, 0.15) is 11.4 Å². The van der Waals surface area contributed by atoms with Crippen molar-refractivity contribution in [2.75, 3.05) is 5.33 Å². The number of alkyl halides is 4. The van der Waals surface area contributed by atoms with Gasteiger partial charge < -0.3 is 5.11 Å². The number of hydrogen-bond acceptors (Lipinski definition) is 1. The molecular formula is C10H8BrCl4FO. The van der Waals surface area contributed by atoms with Gasteiger partial charge in [-0.3, -0.25) is 0 Å². The van der Waals surface area contributed by atoms with Crippen LogP contribution in [0.1, 0.15) is 12.0 Å². The number of hydrogen-bond donors (Lipinski definition) is 1. The standard InChI is InChI=1S/C10H8BrCl4FO/c11-5-9(17,4-10(13,14)15)6-1-7(12)3-8(16)2-6/h1-3,17H,4-5H2. The highest BCUT2D eigenvalue weighted by Crippen LogP contribution is 2.41. The van der Waals surface area contributed by atoms with Gasteiger partial charge in [-0.2, -0.15) is 0 Å². The van der Waals surface area contributed by atoms with Crippen LogP contribution in [0, 0.1) is 5.82 Å². The van der Waals surface area contributed by atoms with Crippen LogP contribution in [0.2, 0.25) is 5.02 Å². The molecule has 0 aliphatic rings. The van der Waals surface area contributed by atoms with Gasteiger partial charge in [0.2, 0.25) is 0 Å². The highest BCUT2D eigenvalue weighted by molar-refractivity contribution is 9.09. The SMILES string of the molecule is OC(CBr)(CC(Cl)(Cl)Cl)c1cc(F)cc(Cl)c1. The minimum Gasteiger partial charge on any atom is -0.384 e. The van der Waals surface area contributed by atoms with Crippen LogP contribution in [-0.2, 0) is 5.60 Å². The van der Waals surface area contributed by atoms with Gasteiger partial charge in [0.05, 0.1) is 0 Å². The van der Waals surface area contributed by atoms with Crippen molar-refractivity contribution in [3.63, 3.8) is 0 Å². The summed E-state index contributed by atoms with van der Waals surface area (Å²) in [7, 11) is 0. The van der Waals surface area contributed by atoms with E-state index in [1.54, 1.807) is 0 Å². The molecule has 0 fully saturated rings. The lowest BCUT2D eigenvalue weighted by Crippen LogP contribution is -2.32. The molecule has 0 bridgehead atoms. The molecule has 1 rings (SSSR count). The largest absolute Gasteiger partial charge is 0.384 e. The summed E-state index contributed by atoms with van der Waals surface area (Å²) in [6, 6.07) is 3.72. The predicted octanol–water partition coefficient (Wildman–Crippen LogP) is 4.82. The molecule has 1 unspecified atom stereocenters. The van der Waals surface area contributed by atoms with Gasteiger partial charge in [0, 0.05) is 16.8 Å². The molecule has 0 amide bonds. The van der Waals surface area contributed by atoms with Crippen LogP contribution < -0.4 is 0 Å². The Morgan fingerprint density at radius 1 is 1.24 bits per heavy atom. The Hall–Kier alpha value is 0.750. The van der Waals surface area contributed by atoms with Gasteiger partial charge in [-0.25, -0.2) is 4.39 Å². The molecule has 1 N–H and O–H groups in total. The fraction of sp³-hybridized carbons (Fsp3) is 0.400. The summed E-state index contributed by atoms with van der Waals surface area (Å²) in [6.45, 7) is 0. The molecule has 1 aromatic rings. The van der Waals surface area contributed by atoms with Gasteiger partial charge in [-0.05, 0) is 23.8 Å². The van der Waals surface area contributed by atoms with Crippen LogP contribution in [0.5, 0.6) is 0 Å². The average Bonchev–Trinajstić information content (AvgIpc) is 2.13. The second-order valence-electron chi connectivity index (χ2n) is 3.62. The first-order valence-corrected chi connectivity index (χ1v) is 7.11. The lowest BCUT2D eigenvalue weighted by molar-refractivity contribution is 0.0553. The summed E-state index contributed by atoms with van der Waals surface area (Å²) in [5, 5.41) is 10.6. The molecule has 0 saturated carbocycles. The minimum atomic E-state index is -1.65. The van der Waals surface area contributed by atoms with Crippen molar-refractivity contribution >= 4 is 62.3 Å². The van der Waals surface area contributed by atoms with Crippen LogP contribution in [0.4, 0.5) is 4.39 Å². The van der Waals surface area contributed by atoms with Gasteiger partial charge in [-0.15, -0.1) is 0 Å². The van der Waals surface area contributed by atoms with E-state index in [9.17, 15) is 9.50 Å². The fourth-order valence-electron chi connectivity index (χ4n) is 1.38. The quantitative estimate of drug-likeness (QED) is 0.740. The van der Waals surface area contributed by atoms with E-state index in [2.05, 4.69) is 15.9 Å². The summed E-state index contributed by atoms with van der Waals surface area (Å²) >= 11 is 25.8. The molecule has 7 heteroatoms. The minimum absolute atomic E-state index is 0.0910. The second kappa shape index (κ2) is 5.81. The molecular weight excluding hydrogens is 377 g/mol. The summed E-state index contributed by atoms with van der Waals surface area (Å²) in [6.07, 6.45) is -0.185. The number of aliphatic hydroxyl groups is 1. The van der Waals surface area contributed by atoms with E-state index in [1.807, 2.05) is 0 Å². The third kappa shape index (κ3) is 4.73. The van der Waals surface area contributed by atoms with Crippen LogP contribution in [0.3, 0.4) is 0 Å². The molecule has 17 heavy (non-hydrogen) atoms. The first-order chi connectivity index (χ1) is 7.66. The van der Waals surface area contributed by atoms with E-state index in [0.29, 0.717) is 0 Å². The zero-order valence-electron chi connectivity index (χ0n) is 8.36. The molecule has 0 spiro atoms. The molecule has 1 atom stereocenters. The van der Waals surface area contributed by atoms with Gasteiger partial charge in [0.25, 0.3) is 0 Å². The van der Waals surface area contributed by atoms with Crippen LogP contribution in [-0.4, -0.2) is 14.2 Å².